The molecule has 1 aliphatic rings. The van der Waals surface area contributed by atoms with Crippen LogP contribution in [0.3, 0.4) is 0 Å². The van der Waals surface area contributed by atoms with Crippen LogP contribution in [0.4, 0.5) is 10.6 Å². The fraction of sp³-hybridized carbons (Fsp3) is 0.474. The zero-order valence-corrected chi connectivity index (χ0v) is 32.5. The Hall–Kier alpha value is -5.05. The van der Waals surface area contributed by atoms with Crippen LogP contribution < -0.4 is 20.7 Å². The van der Waals surface area contributed by atoms with Crippen molar-refractivity contribution in [1.82, 2.24) is 29.9 Å². The van der Waals surface area contributed by atoms with Gasteiger partial charge in [0.1, 0.15) is 48.7 Å². The predicted octanol–water partition coefficient (Wildman–Crippen LogP) is 5.69. The number of hydrogen-bond acceptors (Lipinski definition) is 13. The number of carbonyl (C=O) groups is 3. The zero-order chi connectivity index (χ0) is 39.4. The first-order chi connectivity index (χ1) is 26.4. The maximum atomic E-state index is 14.3. The molecular formula is C38H50N7O9P. The number of hydrogen-bond donors (Lipinski definition) is 3. The summed E-state index contributed by atoms with van der Waals surface area (Å²) in [7, 11) is -3.92. The number of fused-ring (bicyclic) bond motifs is 1. The number of nitrogens with two attached hydrogens (primary N) is 1. The summed E-state index contributed by atoms with van der Waals surface area (Å²) < 4.78 is 44.6. The monoisotopic (exact) mass is 779 g/mol. The van der Waals surface area contributed by atoms with E-state index in [0.29, 0.717) is 23.3 Å². The van der Waals surface area contributed by atoms with Gasteiger partial charge in [0.05, 0.1) is 25.1 Å². The van der Waals surface area contributed by atoms with Gasteiger partial charge in [-0.1, -0.05) is 48.9 Å². The topological polar surface area (TPSA) is 208 Å². The van der Waals surface area contributed by atoms with Crippen LogP contribution in [0.25, 0.3) is 11.2 Å². The van der Waals surface area contributed by atoms with Gasteiger partial charge >= 0.3 is 25.6 Å². The number of nitrogens with one attached hydrogen (secondary N) is 2. The van der Waals surface area contributed by atoms with E-state index in [1.807, 2.05) is 30.3 Å². The van der Waals surface area contributed by atoms with E-state index in [2.05, 4.69) is 25.4 Å². The molecule has 16 nitrogen and oxygen atoms in total. The van der Waals surface area contributed by atoms with Crippen LogP contribution >= 0.6 is 7.52 Å². The third kappa shape index (κ3) is 12.5. The van der Waals surface area contributed by atoms with Gasteiger partial charge in [-0.05, 0) is 76.6 Å². The Balaban J connectivity index is 1.26. The molecule has 0 aliphatic heterocycles. The number of esters is 2. The lowest BCUT2D eigenvalue weighted by molar-refractivity contribution is -0.153. The SMILES string of the molecule is CC(C)OC(=O)[C@H](C)N[P@](=O)(CO[C@H](C)Cn1cnc2c(N)ncnc21)Oc1ccc(C[C@H](NC(=O)OCc2ccccc2)C(=O)OC2CCCCC2)cc1. The van der Waals surface area contributed by atoms with Crippen molar-refractivity contribution in [3.63, 3.8) is 0 Å². The molecule has 0 saturated heterocycles. The largest absolute Gasteiger partial charge is 0.462 e. The molecule has 4 aromatic rings. The molecule has 1 saturated carbocycles. The Labute approximate surface area is 320 Å². The molecule has 5 rings (SSSR count). The number of alkyl carbamates (subject to hydrolysis) is 1. The number of ether oxygens (including phenoxy) is 4. The van der Waals surface area contributed by atoms with E-state index >= 15 is 0 Å². The third-order valence-corrected chi connectivity index (χ3v) is 10.5. The van der Waals surface area contributed by atoms with E-state index in [9.17, 15) is 18.9 Å². The van der Waals surface area contributed by atoms with Gasteiger partial charge in [-0.3, -0.25) is 9.36 Å². The molecule has 17 heteroatoms. The molecule has 0 bridgehead atoms. The van der Waals surface area contributed by atoms with Gasteiger partial charge in [0, 0.05) is 6.42 Å². The van der Waals surface area contributed by atoms with E-state index in [4.69, 9.17) is 29.2 Å². The van der Waals surface area contributed by atoms with E-state index in [1.165, 1.54) is 13.3 Å². The van der Waals surface area contributed by atoms with Crippen LogP contribution in [0.2, 0.25) is 0 Å². The van der Waals surface area contributed by atoms with Crippen molar-refractivity contribution in [1.29, 1.82) is 0 Å². The summed E-state index contributed by atoms with van der Waals surface area (Å²) in [5.41, 5.74) is 8.37. The van der Waals surface area contributed by atoms with Crippen molar-refractivity contribution in [3.8, 4) is 5.75 Å². The highest BCUT2D eigenvalue weighted by molar-refractivity contribution is 7.57. The molecule has 0 spiro atoms. The van der Waals surface area contributed by atoms with Gasteiger partial charge in [0.2, 0.25) is 0 Å². The van der Waals surface area contributed by atoms with Crippen molar-refractivity contribution < 1.29 is 42.4 Å². The highest BCUT2D eigenvalue weighted by atomic mass is 31.2. The van der Waals surface area contributed by atoms with Crippen LogP contribution in [0.1, 0.15) is 70.9 Å². The highest BCUT2D eigenvalue weighted by Crippen LogP contribution is 2.44. The number of benzene rings is 2. The molecule has 2 aromatic carbocycles. The number of anilines is 1. The predicted molar refractivity (Wildman–Crippen MR) is 204 cm³/mol. The lowest BCUT2D eigenvalue weighted by Crippen LogP contribution is -2.44. The van der Waals surface area contributed by atoms with Gasteiger partial charge in [-0.25, -0.2) is 29.6 Å². The van der Waals surface area contributed by atoms with Gasteiger partial charge in [0.25, 0.3) is 0 Å². The lowest BCUT2D eigenvalue weighted by atomic mass is 9.97. The van der Waals surface area contributed by atoms with Crippen LogP contribution in [-0.2, 0) is 52.7 Å². The molecule has 2 heterocycles. The van der Waals surface area contributed by atoms with E-state index in [-0.39, 0.29) is 36.8 Å². The normalized spacial score (nSPS) is 16.1. The first-order valence-corrected chi connectivity index (χ1v) is 20.2. The molecular weight excluding hydrogens is 729 g/mol. The molecule has 4 atom stereocenters. The lowest BCUT2D eigenvalue weighted by Gasteiger charge is -2.26. The van der Waals surface area contributed by atoms with E-state index in [1.54, 1.807) is 55.9 Å². The number of rotatable bonds is 18. The fourth-order valence-electron chi connectivity index (χ4n) is 5.98. The maximum absolute atomic E-state index is 14.3. The first-order valence-electron chi connectivity index (χ1n) is 18.4. The minimum atomic E-state index is -3.92. The number of nitrogen functional groups attached to an aromatic ring is 1. The van der Waals surface area contributed by atoms with Crippen LogP contribution in [-0.4, -0.2) is 74.3 Å². The Morgan fingerprint density at radius 1 is 0.927 bits per heavy atom. The second kappa shape index (κ2) is 19.5. The Morgan fingerprint density at radius 3 is 2.36 bits per heavy atom. The van der Waals surface area contributed by atoms with E-state index < -0.39 is 50.1 Å². The summed E-state index contributed by atoms with van der Waals surface area (Å²) in [6, 6.07) is 13.8. The standard InChI is InChI=1S/C38H50N7O9P/c1-25(2)52-36(46)27(4)44-55(49,24-51-26(3)20-45-23-42-33-34(39)40-22-41-35(33)45)54-31-17-15-28(16-18-31)19-32(37(47)53-30-13-9-6-10-14-30)43-38(48)50-21-29-11-7-5-8-12-29/h5,7-8,11-12,15-18,22-23,25-27,30,32H,6,9-10,13-14,19-21,24H2,1-4H3,(H,43,48)(H,44,49)(H2,39,40,41)/t26-,27+,32+,55+/m1/s1. The molecule has 1 fully saturated rings. The second-order valence-corrected chi connectivity index (χ2v) is 15.9. The summed E-state index contributed by atoms with van der Waals surface area (Å²) in [6.07, 6.45) is 5.37. The highest BCUT2D eigenvalue weighted by Gasteiger charge is 2.33. The average Bonchev–Trinajstić information content (AvgIpc) is 3.57. The van der Waals surface area contributed by atoms with Crippen LogP contribution in [0.15, 0.2) is 67.3 Å². The molecule has 55 heavy (non-hydrogen) atoms. The number of carbonyl (C=O) groups excluding carboxylic acids is 3. The van der Waals surface area contributed by atoms with Crippen molar-refractivity contribution in [2.24, 2.45) is 0 Å². The zero-order valence-electron chi connectivity index (χ0n) is 31.6. The first kappa shape index (κ1) is 41.1. The van der Waals surface area contributed by atoms with Crippen molar-refractivity contribution in [3.05, 3.63) is 78.4 Å². The van der Waals surface area contributed by atoms with Crippen molar-refractivity contribution in [2.45, 2.75) is 110 Å². The molecule has 4 N–H and O–H groups in total. The Bertz CT molecular complexity index is 1920. The molecule has 0 unspecified atom stereocenters. The smallest absolute Gasteiger partial charge is 0.408 e. The summed E-state index contributed by atoms with van der Waals surface area (Å²) in [4.78, 5) is 51.4. The summed E-state index contributed by atoms with van der Waals surface area (Å²) in [6.45, 7) is 7.08. The maximum Gasteiger partial charge on any atom is 0.408 e. The van der Waals surface area contributed by atoms with Crippen LogP contribution in [0, 0.1) is 0 Å². The van der Waals surface area contributed by atoms with Gasteiger partial charge in [-0.2, -0.15) is 0 Å². The minimum absolute atomic E-state index is 0.0397. The number of nitrogens with zero attached hydrogens (tertiary/aromatic N) is 4. The van der Waals surface area contributed by atoms with Gasteiger partial charge in [-0.15, -0.1) is 0 Å². The van der Waals surface area contributed by atoms with Crippen molar-refractivity contribution >= 4 is 42.5 Å². The quantitative estimate of drug-likeness (QED) is 0.0631. The Kier molecular flexibility index (Phi) is 14.6. The third-order valence-electron chi connectivity index (χ3n) is 8.75. The molecule has 0 radical (unpaired) electrons. The van der Waals surface area contributed by atoms with Crippen LogP contribution in [0.5, 0.6) is 5.75 Å². The fourth-order valence-corrected chi connectivity index (χ4v) is 7.77. The number of imidazole rings is 1. The average molecular weight is 780 g/mol. The molecule has 296 valence electrons. The second-order valence-electron chi connectivity index (χ2n) is 13.8. The molecule has 1 aliphatic carbocycles. The number of amides is 1. The molecule has 2 aromatic heterocycles. The summed E-state index contributed by atoms with van der Waals surface area (Å²) in [5, 5.41) is 5.48. The Morgan fingerprint density at radius 2 is 1.65 bits per heavy atom. The van der Waals surface area contributed by atoms with Gasteiger partial charge in [0.15, 0.2) is 11.5 Å². The van der Waals surface area contributed by atoms with Gasteiger partial charge < -0.3 is 39.1 Å². The minimum Gasteiger partial charge on any atom is -0.462 e. The number of aromatic nitrogens is 4. The van der Waals surface area contributed by atoms with E-state index in [0.717, 1.165) is 37.7 Å². The summed E-state index contributed by atoms with van der Waals surface area (Å²) >= 11 is 0. The van der Waals surface area contributed by atoms with Crippen molar-refractivity contribution in [2.75, 3.05) is 12.1 Å². The molecule has 1 amide bonds. The summed E-state index contributed by atoms with van der Waals surface area (Å²) in [5.74, 6) is -0.694.